The number of sulfonamides is 1. The number of thiazole rings is 1. The third-order valence-electron chi connectivity index (χ3n) is 3.59. The smallest absolute Gasteiger partial charge is 0.266 e. The van der Waals surface area contributed by atoms with Crippen molar-refractivity contribution < 1.29 is 17.5 Å². The maximum Gasteiger partial charge on any atom is 0.266 e. The molecule has 10 heteroatoms. The van der Waals surface area contributed by atoms with Crippen molar-refractivity contribution in [1.82, 2.24) is 4.98 Å². The summed E-state index contributed by atoms with van der Waals surface area (Å²) in [5, 5.41) is 1.93. The van der Waals surface area contributed by atoms with Crippen molar-refractivity contribution >= 4 is 50.4 Å². The van der Waals surface area contributed by atoms with E-state index in [0.29, 0.717) is 10.6 Å². The highest BCUT2D eigenvalue weighted by molar-refractivity contribution is 7.92. The van der Waals surface area contributed by atoms with Gasteiger partial charge < -0.3 is 4.74 Å². The lowest BCUT2D eigenvalue weighted by Crippen LogP contribution is -2.15. The second-order valence-electron chi connectivity index (χ2n) is 5.47. The Balaban J connectivity index is 1.88. The Kier molecular flexibility index (Phi) is 5.90. The third-order valence-corrected chi connectivity index (χ3v) is 6.19. The van der Waals surface area contributed by atoms with Crippen molar-refractivity contribution in [2.45, 2.75) is 17.9 Å². The molecule has 3 aromatic rings. The van der Waals surface area contributed by atoms with Crippen molar-refractivity contribution in [2.75, 3.05) is 4.72 Å². The molecule has 0 aliphatic rings. The van der Waals surface area contributed by atoms with Gasteiger partial charge >= 0.3 is 0 Å². The summed E-state index contributed by atoms with van der Waals surface area (Å²) in [6.45, 7) is 1.73. The number of ether oxygens (including phenoxy) is 1. The maximum atomic E-state index is 14.5. The lowest BCUT2D eigenvalue weighted by molar-refractivity contribution is 0.226. The van der Waals surface area contributed by atoms with Crippen molar-refractivity contribution in [3.63, 3.8) is 0 Å². The highest BCUT2D eigenvalue weighted by Crippen LogP contribution is 2.35. The first-order valence-electron chi connectivity index (χ1n) is 7.59. The molecule has 1 atom stereocenters. The van der Waals surface area contributed by atoms with Crippen LogP contribution in [0.1, 0.15) is 18.6 Å². The van der Waals surface area contributed by atoms with Crippen molar-refractivity contribution in [2.24, 2.45) is 0 Å². The minimum atomic E-state index is -4.18. The van der Waals surface area contributed by atoms with Gasteiger partial charge in [-0.15, -0.1) is 11.3 Å². The van der Waals surface area contributed by atoms with Crippen molar-refractivity contribution in [1.29, 1.82) is 0 Å². The number of aromatic nitrogens is 1. The monoisotopic (exact) mass is 446 g/mol. The topological polar surface area (TPSA) is 68.3 Å². The number of anilines is 1. The zero-order valence-corrected chi connectivity index (χ0v) is 17.0. The predicted molar refractivity (Wildman–Crippen MR) is 105 cm³/mol. The minimum absolute atomic E-state index is 0.00851. The molecule has 0 aliphatic carbocycles. The van der Waals surface area contributed by atoms with Gasteiger partial charge in [0.15, 0.2) is 5.82 Å². The summed E-state index contributed by atoms with van der Waals surface area (Å²) in [6, 6.07) is 8.99. The van der Waals surface area contributed by atoms with Gasteiger partial charge in [0, 0.05) is 22.0 Å². The van der Waals surface area contributed by atoms with Crippen LogP contribution in [0.2, 0.25) is 10.0 Å². The standard InChI is InChI=1S/C17H13Cl2FN2O3S2/c1-10(11-4-2-3-5-12(11)18)25-15-7-14(20)16(6-13(15)19)27(23,24)22-17-8-26-9-21-17/h2-10,22H,1H3. The molecule has 1 N–H and O–H groups in total. The lowest BCUT2D eigenvalue weighted by atomic mass is 10.1. The van der Waals surface area contributed by atoms with Crippen LogP contribution in [-0.2, 0) is 10.0 Å². The molecule has 0 amide bonds. The summed E-state index contributed by atoms with van der Waals surface area (Å²) in [7, 11) is -4.18. The average molecular weight is 447 g/mol. The quantitative estimate of drug-likeness (QED) is 0.540. The van der Waals surface area contributed by atoms with Gasteiger partial charge in [-0.1, -0.05) is 41.4 Å². The highest BCUT2D eigenvalue weighted by atomic mass is 35.5. The summed E-state index contributed by atoms with van der Waals surface area (Å²) >= 11 is 13.5. The van der Waals surface area contributed by atoms with E-state index >= 15 is 0 Å². The molecule has 1 heterocycles. The summed E-state index contributed by atoms with van der Waals surface area (Å²) in [4.78, 5) is 3.21. The van der Waals surface area contributed by atoms with Gasteiger partial charge in [-0.25, -0.2) is 17.8 Å². The summed E-state index contributed by atoms with van der Waals surface area (Å²) in [6.07, 6.45) is -0.522. The first-order chi connectivity index (χ1) is 12.8. The predicted octanol–water partition coefficient (Wildman–Crippen LogP) is 5.53. The third kappa shape index (κ3) is 4.52. The number of nitrogens with one attached hydrogen (secondary N) is 1. The molecule has 0 aliphatic heterocycles. The Morgan fingerprint density at radius 1 is 1.22 bits per heavy atom. The largest absolute Gasteiger partial charge is 0.484 e. The maximum absolute atomic E-state index is 14.5. The molecule has 2 aromatic carbocycles. The van der Waals surface area contributed by atoms with Gasteiger partial charge in [-0.2, -0.15) is 0 Å². The van der Waals surface area contributed by atoms with Crippen LogP contribution in [-0.4, -0.2) is 13.4 Å². The summed E-state index contributed by atoms with van der Waals surface area (Å²) in [5.74, 6) is -0.888. The number of hydrogen-bond donors (Lipinski definition) is 1. The van der Waals surface area contributed by atoms with Crippen LogP contribution in [0, 0.1) is 5.82 Å². The second-order valence-corrected chi connectivity index (χ2v) is 8.66. The van der Waals surface area contributed by atoms with Gasteiger partial charge in [0.2, 0.25) is 0 Å². The van der Waals surface area contributed by atoms with Crippen LogP contribution >= 0.6 is 34.5 Å². The fourth-order valence-corrected chi connectivity index (χ4v) is 4.53. The van der Waals surface area contributed by atoms with Gasteiger partial charge in [0.1, 0.15) is 22.6 Å². The van der Waals surface area contributed by atoms with Crippen LogP contribution in [0.15, 0.2) is 52.2 Å². The van der Waals surface area contributed by atoms with E-state index in [1.165, 1.54) is 22.2 Å². The number of hydrogen-bond acceptors (Lipinski definition) is 5. The van der Waals surface area contributed by atoms with Crippen LogP contribution in [0.3, 0.4) is 0 Å². The molecule has 0 saturated carbocycles. The minimum Gasteiger partial charge on any atom is -0.484 e. The summed E-state index contributed by atoms with van der Waals surface area (Å²) in [5.41, 5.74) is 2.14. The highest BCUT2D eigenvalue weighted by Gasteiger charge is 2.23. The number of rotatable bonds is 6. The van der Waals surface area contributed by atoms with Crippen LogP contribution in [0.25, 0.3) is 0 Å². The number of halogens is 3. The number of nitrogens with zero attached hydrogens (tertiary/aromatic N) is 1. The van der Waals surface area contributed by atoms with E-state index in [0.717, 1.165) is 12.1 Å². The molecule has 0 bridgehead atoms. The van der Waals surface area contributed by atoms with Crippen LogP contribution < -0.4 is 9.46 Å². The molecule has 142 valence electrons. The zero-order chi connectivity index (χ0) is 19.6. The SMILES string of the molecule is CC(Oc1cc(F)c(S(=O)(=O)Nc2cscn2)cc1Cl)c1ccccc1Cl. The lowest BCUT2D eigenvalue weighted by Gasteiger charge is -2.18. The molecule has 0 spiro atoms. The molecule has 5 nitrogen and oxygen atoms in total. The van der Waals surface area contributed by atoms with Gasteiger partial charge in [0.25, 0.3) is 10.0 Å². The first kappa shape index (κ1) is 19.9. The Bertz CT molecular complexity index is 1060. The molecule has 3 rings (SSSR count). The Labute approximate surface area is 169 Å². The normalized spacial score (nSPS) is 12.6. The first-order valence-corrected chi connectivity index (χ1v) is 10.8. The van der Waals surface area contributed by atoms with Crippen LogP contribution in [0.5, 0.6) is 5.75 Å². The van der Waals surface area contributed by atoms with E-state index in [4.69, 9.17) is 27.9 Å². The zero-order valence-electron chi connectivity index (χ0n) is 13.8. The molecule has 27 heavy (non-hydrogen) atoms. The molecule has 1 aromatic heterocycles. The van der Waals surface area contributed by atoms with E-state index in [9.17, 15) is 12.8 Å². The molecule has 1 unspecified atom stereocenters. The average Bonchev–Trinajstić information content (AvgIpc) is 3.10. The van der Waals surface area contributed by atoms with E-state index in [1.54, 1.807) is 31.2 Å². The van der Waals surface area contributed by atoms with Crippen molar-refractivity contribution in [3.05, 3.63) is 68.7 Å². The fourth-order valence-electron chi connectivity index (χ4n) is 2.32. The van der Waals surface area contributed by atoms with E-state index in [1.807, 2.05) is 0 Å². The Hall–Kier alpha value is -1.87. The van der Waals surface area contributed by atoms with E-state index in [2.05, 4.69) is 9.71 Å². The van der Waals surface area contributed by atoms with Gasteiger partial charge in [-0.05, 0) is 19.1 Å². The fraction of sp³-hybridized carbons (Fsp3) is 0.118. The molecule has 0 saturated heterocycles. The van der Waals surface area contributed by atoms with E-state index in [-0.39, 0.29) is 16.6 Å². The molecule has 0 radical (unpaired) electrons. The summed E-state index contributed by atoms with van der Waals surface area (Å²) < 4.78 is 47.1. The Morgan fingerprint density at radius 3 is 2.63 bits per heavy atom. The Morgan fingerprint density at radius 2 is 1.96 bits per heavy atom. The van der Waals surface area contributed by atoms with Crippen LogP contribution in [0.4, 0.5) is 10.2 Å². The molecular weight excluding hydrogens is 434 g/mol. The molecule has 0 fully saturated rings. The molecular formula is C17H13Cl2FN2O3S2. The van der Waals surface area contributed by atoms with Gasteiger partial charge in [0.05, 0.1) is 10.5 Å². The van der Waals surface area contributed by atoms with Crippen molar-refractivity contribution in [3.8, 4) is 5.75 Å². The second kappa shape index (κ2) is 8.02. The van der Waals surface area contributed by atoms with E-state index < -0.39 is 26.8 Å². The van der Waals surface area contributed by atoms with Gasteiger partial charge in [-0.3, -0.25) is 4.72 Å². The number of benzene rings is 2.